The van der Waals surface area contributed by atoms with Crippen molar-refractivity contribution in [2.24, 2.45) is 4.99 Å². The number of hydrogen-bond acceptors (Lipinski definition) is 6. The molecular weight excluding hydrogens is 332 g/mol. The highest BCUT2D eigenvalue weighted by molar-refractivity contribution is 7.16. The van der Waals surface area contributed by atoms with Crippen molar-refractivity contribution in [3.8, 4) is 10.4 Å². The highest BCUT2D eigenvalue weighted by Gasteiger charge is 2.34. The molecule has 2 aromatic rings. The number of aryl methyl sites for hydroxylation is 2. The smallest absolute Gasteiger partial charge is 0.142 e. The molecule has 25 heavy (non-hydrogen) atoms. The number of thiophene rings is 1. The van der Waals surface area contributed by atoms with Gasteiger partial charge in [0.05, 0.1) is 16.5 Å². The van der Waals surface area contributed by atoms with E-state index >= 15 is 0 Å². The molecule has 6 heteroatoms. The Morgan fingerprint density at radius 3 is 2.52 bits per heavy atom. The number of fused-ring (bicyclic) bond motifs is 3. The first-order valence-corrected chi connectivity index (χ1v) is 9.91. The lowest BCUT2D eigenvalue weighted by atomic mass is 10.0. The molecule has 5 nitrogen and oxygen atoms in total. The second-order valence-electron chi connectivity index (χ2n) is 7.15. The minimum absolute atomic E-state index is 0.0708. The van der Waals surface area contributed by atoms with E-state index < -0.39 is 0 Å². The molecule has 0 bridgehead atoms. The van der Waals surface area contributed by atoms with Gasteiger partial charge >= 0.3 is 0 Å². The molecule has 0 radical (unpaired) electrons. The van der Waals surface area contributed by atoms with Gasteiger partial charge in [0.1, 0.15) is 17.3 Å². The lowest BCUT2D eigenvalue weighted by molar-refractivity contribution is 0.215. The third kappa shape index (κ3) is 2.62. The Morgan fingerprint density at radius 2 is 1.84 bits per heavy atom. The number of nitrogens with zero attached hydrogens (tertiary/aromatic N) is 4. The number of aliphatic imine (C=N–C) groups is 1. The number of piperazine rings is 1. The van der Waals surface area contributed by atoms with Gasteiger partial charge in [0.15, 0.2) is 0 Å². The Morgan fingerprint density at radius 1 is 1.12 bits per heavy atom. The monoisotopic (exact) mass is 358 g/mol. The summed E-state index contributed by atoms with van der Waals surface area (Å²) in [5.41, 5.74) is 4.83. The SMILES string of the molecule is CCC1N=C(N2CCN(C)CC2)c2c(sc(C)c2C)-c2c1noc2C. The highest BCUT2D eigenvalue weighted by Crippen LogP contribution is 2.45. The summed E-state index contributed by atoms with van der Waals surface area (Å²) >= 11 is 1.85. The van der Waals surface area contributed by atoms with Gasteiger partial charge in [-0.05, 0) is 39.8 Å². The van der Waals surface area contributed by atoms with E-state index in [9.17, 15) is 0 Å². The van der Waals surface area contributed by atoms with Gasteiger partial charge < -0.3 is 14.3 Å². The van der Waals surface area contributed by atoms with Crippen LogP contribution in [0.5, 0.6) is 0 Å². The maximum Gasteiger partial charge on any atom is 0.142 e. The molecule has 1 fully saturated rings. The average molecular weight is 359 g/mol. The molecule has 2 aromatic heterocycles. The highest BCUT2D eigenvalue weighted by atomic mass is 32.1. The van der Waals surface area contributed by atoms with Crippen molar-refractivity contribution in [2.75, 3.05) is 33.2 Å². The van der Waals surface area contributed by atoms with E-state index in [1.165, 1.54) is 26.4 Å². The Hall–Kier alpha value is -1.66. The molecule has 2 aliphatic heterocycles. The van der Waals surface area contributed by atoms with Crippen LogP contribution in [0.25, 0.3) is 10.4 Å². The van der Waals surface area contributed by atoms with Crippen LogP contribution in [0.3, 0.4) is 0 Å². The van der Waals surface area contributed by atoms with Crippen LogP contribution in [0.1, 0.15) is 46.8 Å². The molecule has 134 valence electrons. The summed E-state index contributed by atoms with van der Waals surface area (Å²) in [5, 5.41) is 4.40. The summed E-state index contributed by atoms with van der Waals surface area (Å²) in [7, 11) is 2.19. The van der Waals surface area contributed by atoms with Gasteiger partial charge in [-0.2, -0.15) is 0 Å². The van der Waals surface area contributed by atoms with Crippen LogP contribution in [-0.4, -0.2) is 54.0 Å². The van der Waals surface area contributed by atoms with Gasteiger partial charge in [0.25, 0.3) is 0 Å². The van der Waals surface area contributed by atoms with Crippen molar-refractivity contribution in [3.63, 3.8) is 0 Å². The molecule has 0 aliphatic carbocycles. The lowest BCUT2D eigenvalue weighted by Gasteiger charge is -2.35. The summed E-state index contributed by atoms with van der Waals surface area (Å²) in [5.74, 6) is 2.07. The Kier molecular flexibility index (Phi) is 4.20. The van der Waals surface area contributed by atoms with Gasteiger partial charge in [-0.15, -0.1) is 11.3 Å². The summed E-state index contributed by atoms with van der Waals surface area (Å²) < 4.78 is 5.57. The zero-order chi connectivity index (χ0) is 17.7. The number of likely N-dealkylation sites (N-methyl/N-ethyl adjacent to an activating group) is 1. The first kappa shape index (κ1) is 16.8. The summed E-state index contributed by atoms with van der Waals surface area (Å²) in [6, 6.07) is 0.0708. The molecule has 4 heterocycles. The van der Waals surface area contributed by atoms with Gasteiger partial charge in [0.2, 0.25) is 0 Å². The Labute approximate surface area is 153 Å². The molecule has 0 spiro atoms. The maximum atomic E-state index is 5.57. The first-order valence-electron chi connectivity index (χ1n) is 9.09. The minimum Gasteiger partial charge on any atom is -0.361 e. The molecule has 1 atom stereocenters. The number of hydrogen-bond donors (Lipinski definition) is 0. The fourth-order valence-electron chi connectivity index (χ4n) is 3.78. The van der Waals surface area contributed by atoms with Crippen LogP contribution in [0.2, 0.25) is 0 Å². The number of rotatable bonds is 1. The van der Waals surface area contributed by atoms with Crippen LogP contribution in [0.15, 0.2) is 9.52 Å². The molecule has 0 saturated carbocycles. The molecule has 4 rings (SSSR count). The quantitative estimate of drug-likeness (QED) is 0.778. The van der Waals surface area contributed by atoms with E-state index in [0.29, 0.717) is 0 Å². The normalized spacial score (nSPS) is 20.9. The Bertz CT molecular complexity index is 827. The van der Waals surface area contributed by atoms with Gasteiger partial charge in [0, 0.05) is 36.6 Å². The lowest BCUT2D eigenvalue weighted by Crippen LogP contribution is -2.47. The van der Waals surface area contributed by atoms with Gasteiger partial charge in [-0.25, -0.2) is 0 Å². The van der Waals surface area contributed by atoms with Crippen molar-refractivity contribution >= 4 is 17.2 Å². The molecular formula is C19H26N4OS. The fraction of sp³-hybridized carbons (Fsp3) is 0.579. The molecule has 0 amide bonds. The maximum absolute atomic E-state index is 5.57. The van der Waals surface area contributed by atoms with E-state index in [1.807, 2.05) is 18.3 Å². The van der Waals surface area contributed by atoms with Gasteiger partial charge in [-0.3, -0.25) is 4.99 Å². The first-order chi connectivity index (χ1) is 12.0. The third-order valence-corrected chi connectivity index (χ3v) is 6.73. The third-order valence-electron chi connectivity index (χ3n) is 5.51. The van der Waals surface area contributed by atoms with Crippen LogP contribution >= 0.6 is 11.3 Å². The van der Waals surface area contributed by atoms with Crippen molar-refractivity contribution in [1.82, 2.24) is 15.0 Å². The molecule has 1 saturated heterocycles. The van der Waals surface area contributed by atoms with Gasteiger partial charge in [-0.1, -0.05) is 12.1 Å². The predicted octanol–water partition coefficient (Wildman–Crippen LogP) is 3.79. The second kappa shape index (κ2) is 6.25. The van der Waals surface area contributed by atoms with Crippen molar-refractivity contribution in [3.05, 3.63) is 27.5 Å². The topological polar surface area (TPSA) is 44.9 Å². The molecule has 1 unspecified atom stereocenters. The largest absolute Gasteiger partial charge is 0.361 e. The number of aromatic nitrogens is 1. The average Bonchev–Trinajstić information content (AvgIpc) is 3.06. The zero-order valence-electron chi connectivity index (χ0n) is 15.7. The standard InChI is InChI=1S/C19H26N4OS/c1-6-14-17-16(12(3)24-21-17)18-15(11(2)13(4)25-18)19(20-14)23-9-7-22(5)8-10-23/h14H,6-10H2,1-5H3. The molecule has 0 aromatic carbocycles. The summed E-state index contributed by atoms with van der Waals surface area (Å²) in [6.45, 7) is 12.9. The fourth-order valence-corrected chi connectivity index (χ4v) is 5.04. The zero-order valence-corrected chi connectivity index (χ0v) is 16.5. The predicted molar refractivity (Wildman–Crippen MR) is 103 cm³/mol. The van der Waals surface area contributed by atoms with Crippen molar-refractivity contribution in [1.29, 1.82) is 0 Å². The van der Waals surface area contributed by atoms with Crippen LogP contribution < -0.4 is 0 Å². The van der Waals surface area contributed by atoms with Crippen LogP contribution in [0, 0.1) is 20.8 Å². The molecule has 2 aliphatic rings. The van der Waals surface area contributed by atoms with E-state index in [0.717, 1.165) is 49.9 Å². The second-order valence-corrected chi connectivity index (χ2v) is 8.38. The van der Waals surface area contributed by atoms with E-state index in [2.05, 4.69) is 42.8 Å². The van der Waals surface area contributed by atoms with E-state index in [1.54, 1.807) is 0 Å². The van der Waals surface area contributed by atoms with Crippen LogP contribution in [0.4, 0.5) is 0 Å². The van der Waals surface area contributed by atoms with Crippen molar-refractivity contribution < 1.29 is 4.52 Å². The Balaban J connectivity index is 1.91. The van der Waals surface area contributed by atoms with E-state index in [-0.39, 0.29) is 6.04 Å². The van der Waals surface area contributed by atoms with Crippen LogP contribution in [-0.2, 0) is 0 Å². The summed E-state index contributed by atoms with van der Waals surface area (Å²) in [6.07, 6.45) is 0.934. The minimum atomic E-state index is 0.0708. The molecule has 0 N–H and O–H groups in total. The summed E-state index contributed by atoms with van der Waals surface area (Å²) in [4.78, 5) is 12.7. The van der Waals surface area contributed by atoms with E-state index in [4.69, 9.17) is 9.52 Å². The number of amidine groups is 1. The van der Waals surface area contributed by atoms with Crippen molar-refractivity contribution in [2.45, 2.75) is 40.2 Å².